The Hall–Kier alpha value is -1.84. The van der Waals surface area contributed by atoms with Crippen LogP contribution >= 0.6 is 0 Å². The Morgan fingerprint density at radius 2 is 1.92 bits per heavy atom. The fourth-order valence-corrected chi connectivity index (χ4v) is 3.01. The molecule has 26 heavy (non-hydrogen) atoms. The minimum atomic E-state index is -0.305. The molecule has 0 aliphatic carbocycles. The van der Waals surface area contributed by atoms with Gasteiger partial charge in [-0.15, -0.1) is 0 Å². The van der Waals surface area contributed by atoms with E-state index < -0.39 is 0 Å². The molecule has 0 spiro atoms. The summed E-state index contributed by atoms with van der Waals surface area (Å²) in [5.41, 5.74) is 2.05. The third-order valence-electron chi connectivity index (χ3n) is 4.97. The Morgan fingerprint density at radius 3 is 2.62 bits per heavy atom. The maximum atomic E-state index is 11.9. The summed E-state index contributed by atoms with van der Waals surface area (Å²) in [6, 6.07) is 8.44. The summed E-state index contributed by atoms with van der Waals surface area (Å²) in [6.45, 7) is 12.2. The van der Waals surface area contributed by atoms with Gasteiger partial charge in [0.15, 0.2) is 0 Å². The maximum absolute atomic E-state index is 11.9. The molecule has 1 N–H and O–H groups in total. The van der Waals surface area contributed by atoms with Crippen LogP contribution in [0, 0.1) is 11.3 Å². The highest BCUT2D eigenvalue weighted by atomic mass is 16.2. The average molecular weight is 358 g/mol. The zero-order chi connectivity index (χ0) is 19.2. The average Bonchev–Trinajstić information content (AvgIpc) is 2.94. The number of fused-ring (bicyclic) bond motifs is 1. The second-order valence-corrected chi connectivity index (χ2v) is 8.46. The molecule has 1 aromatic carbocycles. The number of para-hydroxylation sites is 2. The number of hydrogen-bond acceptors (Lipinski definition) is 2. The van der Waals surface area contributed by atoms with Crippen molar-refractivity contribution in [1.82, 2.24) is 14.9 Å². The van der Waals surface area contributed by atoms with Crippen molar-refractivity contribution in [1.29, 1.82) is 0 Å². The van der Waals surface area contributed by atoms with Crippen molar-refractivity contribution in [3.8, 4) is 0 Å². The van der Waals surface area contributed by atoms with Crippen LogP contribution in [-0.2, 0) is 17.8 Å². The van der Waals surface area contributed by atoms with Crippen LogP contribution < -0.4 is 5.32 Å². The first-order valence-electron chi connectivity index (χ1n) is 10.1. The highest BCUT2D eigenvalue weighted by Crippen LogP contribution is 2.20. The molecule has 1 atom stereocenters. The van der Waals surface area contributed by atoms with Gasteiger partial charge in [-0.25, -0.2) is 4.98 Å². The summed E-state index contributed by atoms with van der Waals surface area (Å²) in [5.74, 6) is 1.98. The Labute approximate surface area is 158 Å². The minimum absolute atomic E-state index is 0.132. The quantitative estimate of drug-likeness (QED) is 0.645. The van der Waals surface area contributed by atoms with Crippen molar-refractivity contribution >= 4 is 16.9 Å². The Balaban J connectivity index is 1.88. The lowest BCUT2D eigenvalue weighted by Crippen LogP contribution is -2.35. The van der Waals surface area contributed by atoms with E-state index in [1.54, 1.807) is 0 Å². The van der Waals surface area contributed by atoms with Gasteiger partial charge >= 0.3 is 0 Å². The molecular formula is C22H35N3O. The molecule has 1 aromatic heterocycles. The van der Waals surface area contributed by atoms with E-state index in [-0.39, 0.29) is 11.3 Å². The number of amides is 1. The number of imidazole rings is 1. The second kappa shape index (κ2) is 9.20. The zero-order valence-corrected chi connectivity index (χ0v) is 17.1. The molecule has 0 saturated heterocycles. The SMILES string of the molecule is CCC(C)Cn1c(CCCCCNC(=O)C(C)(C)C)nc2ccccc21. The number of aromatic nitrogens is 2. The normalized spacial score (nSPS) is 13.1. The van der Waals surface area contributed by atoms with E-state index in [4.69, 9.17) is 4.98 Å². The Bertz CT molecular complexity index is 712. The second-order valence-electron chi connectivity index (χ2n) is 8.46. The van der Waals surface area contributed by atoms with Gasteiger partial charge in [-0.05, 0) is 30.9 Å². The fourth-order valence-electron chi connectivity index (χ4n) is 3.01. The molecule has 0 bridgehead atoms. The van der Waals surface area contributed by atoms with Crippen molar-refractivity contribution < 1.29 is 4.79 Å². The van der Waals surface area contributed by atoms with Crippen LogP contribution in [-0.4, -0.2) is 22.0 Å². The number of carbonyl (C=O) groups is 1. The molecule has 144 valence electrons. The summed E-state index contributed by atoms with van der Waals surface area (Å²) >= 11 is 0. The molecule has 0 fully saturated rings. The molecule has 0 aliphatic rings. The van der Waals surface area contributed by atoms with Crippen molar-refractivity contribution in [2.24, 2.45) is 11.3 Å². The molecule has 1 heterocycles. The Kier molecular flexibility index (Phi) is 7.24. The summed E-state index contributed by atoms with van der Waals surface area (Å²) in [5, 5.41) is 3.03. The van der Waals surface area contributed by atoms with Gasteiger partial charge in [0.1, 0.15) is 5.82 Å². The van der Waals surface area contributed by atoms with E-state index in [1.165, 1.54) is 17.8 Å². The number of benzene rings is 1. The van der Waals surface area contributed by atoms with E-state index in [2.05, 4.69) is 48.0 Å². The zero-order valence-electron chi connectivity index (χ0n) is 17.1. The van der Waals surface area contributed by atoms with E-state index in [1.807, 2.05) is 20.8 Å². The molecule has 4 heteroatoms. The minimum Gasteiger partial charge on any atom is -0.356 e. The third-order valence-corrected chi connectivity index (χ3v) is 4.97. The van der Waals surface area contributed by atoms with Crippen LogP contribution in [0.15, 0.2) is 24.3 Å². The van der Waals surface area contributed by atoms with Crippen LogP contribution in [0.3, 0.4) is 0 Å². The van der Waals surface area contributed by atoms with Gasteiger partial charge in [0.2, 0.25) is 5.91 Å². The lowest BCUT2D eigenvalue weighted by molar-refractivity contribution is -0.128. The maximum Gasteiger partial charge on any atom is 0.225 e. The molecule has 0 aliphatic heterocycles. The number of unbranched alkanes of at least 4 members (excludes halogenated alkanes) is 2. The number of rotatable bonds is 9. The van der Waals surface area contributed by atoms with Crippen LogP contribution in [0.25, 0.3) is 11.0 Å². The largest absolute Gasteiger partial charge is 0.356 e. The lowest BCUT2D eigenvalue weighted by atomic mass is 9.96. The first-order valence-corrected chi connectivity index (χ1v) is 10.1. The molecule has 2 rings (SSSR count). The molecule has 4 nitrogen and oxygen atoms in total. The van der Waals surface area contributed by atoms with Gasteiger partial charge in [-0.2, -0.15) is 0 Å². The third kappa shape index (κ3) is 5.58. The fraction of sp³-hybridized carbons (Fsp3) is 0.636. The van der Waals surface area contributed by atoms with E-state index in [0.717, 1.165) is 44.3 Å². The Morgan fingerprint density at radius 1 is 1.19 bits per heavy atom. The highest BCUT2D eigenvalue weighted by Gasteiger charge is 2.20. The number of nitrogens with zero attached hydrogens (tertiary/aromatic N) is 2. The van der Waals surface area contributed by atoms with Crippen molar-refractivity contribution in [3.63, 3.8) is 0 Å². The number of nitrogens with one attached hydrogen (secondary N) is 1. The van der Waals surface area contributed by atoms with Crippen LogP contribution in [0.1, 0.15) is 66.1 Å². The first-order chi connectivity index (χ1) is 12.3. The molecular weight excluding hydrogens is 322 g/mol. The number of carbonyl (C=O) groups excluding carboxylic acids is 1. The van der Waals surface area contributed by atoms with Gasteiger partial charge in [0.05, 0.1) is 11.0 Å². The van der Waals surface area contributed by atoms with Gasteiger partial charge < -0.3 is 9.88 Å². The summed E-state index contributed by atoms with van der Waals surface area (Å²) < 4.78 is 2.41. The number of aryl methyl sites for hydroxylation is 1. The smallest absolute Gasteiger partial charge is 0.225 e. The van der Waals surface area contributed by atoms with Gasteiger partial charge in [-0.3, -0.25) is 4.79 Å². The standard InChI is InChI=1S/C22H35N3O/c1-6-17(2)16-25-19-13-10-9-12-18(19)24-20(25)14-8-7-11-15-23-21(26)22(3,4)5/h9-10,12-13,17H,6-8,11,14-16H2,1-5H3,(H,23,26). The lowest BCUT2D eigenvalue weighted by Gasteiger charge is -2.17. The van der Waals surface area contributed by atoms with Crippen LogP contribution in [0.5, 0.6) is 0 Å². The topological polar surface area (TPSA) is 46.9 Å². The summed E-state index contributed by atoms with van der Waals surface area (Å²) in [4.78, 5) is 16.7. The molecule has 0 saturated carbocycles. The van der Waals surface area contributed by atoms with Gasteiger partial charge in [0.25, 0.3) is 0 Å². The summed E-state index contributed by atoms with van der Waals surface area (Å²) in [7, 11) is 0. The monoisotopic (exact) mass is 357 g/mol. The van der Waals surface area contributed by atoms with Gasteiger partial charge in [-0.1, -0.05) is 59.6 Å². The predicted molar refractivity (Wildman–Crippen MR) is 109 cm³/mol. The van der Waals surface area contributed by atoms with Crippen LogP contribution in [0.4, 0.5) is 0 Å². The number of hydrogen-bond donors (Lipinski definition) is 1. The van der Waals surface area contributed by atoms with Crippen molar-refractivity contribution in [3.05, 3.63) is 30.1 Å². The molecule has 1 unspecified atom stereocenters. The first kappa shape index (κ1) is 20.5. The van der Waals surface area contributed by atoms with E-state index in [0.29, 0.717) is 5.92 Å². The predicted octanol–water partition coefficient (Wildman–Crippen LogP) is 4.96. The molecule has 1 amide bonds. The van der Waals surface area contributed by atoms with E-state index >= 15 is 0 Å². The van der Waals surface area contributed by atoms with Crippen LogP contribution in [0.2, 0.25) is 0 Å². The highest BCUT2D eigenvalue weighted by molar-refractivity contribution is 5.81. The van der Waals surface area contributed by atoms with Gasteiger partial charge in [0, 0.05) is 24.9 Å². The van der Waals surface area contributed by atoms with Crippen molar-refractivity contribution in [2.75, 3.05) is 6.54 Å². The molecule has 0 radical (unpaired) electrons. The molecule has 2 aromatic rings. The summed E-state index contributed by atoms with van der Waals surface area (Å²) in [6.07, 6.45) is 5.41. The van der Waals surface area contributed by atoms with Crippen molar-refractivity contribution in [2.45, 2.75) is 73.3 Å². The van der Waals surface area contributed by atoms with E-state index in [9.17, 15) is 4.79 Å².